The molecule has 3 aliphatic rings. The van der Waals surface area contributed by atoms with E-state index in [4.69, 9.17) is 14.2 Å². The molecule has 0 aromatic carbocycles. The molecule has 3 N–H and O–H groups in total. The minimum Gasteiger partial charge on any atom is -0.460 e. The summed E-state index contributed by atoms with van der Waals surface area (Å²) in [7, 11) is 0. The molecule has 1 aliphatic heterocycles. The number of ether oxygens (including phenoxy) is 3. The number of hydrogen-bond donors (Lipinski definition) is 3. The van der Waals surface area contributed by atoms with Crippen LogP contribution in [0.1, 0.15) is 150 Å². The number of esters is 1. The molecule has 3 unspecified atom stereocenters. The first-order valence-electron chi connectivity index (χ1n) is 17.3. The van der Waals surface area contributed by atoms with Gasteiger partial charge in [-0.25, -0.2) is 4.79 Å². The van der Waals surface area contributed by atoms with Crippen LogP contribution >= 0.6 is 0 Å². The van der Waals surface area contributed by atoms with Crippen LogP contribution in [0, 0.1) is 5.41 Å². The summed E-state index contributed by atoms with van der Waals surface area (Å²) in [6.07, 6.45) is 17.7. The van der Waals surface area contributed by atoms with Gasteiger partial charge >= 0.3 is 12.0 Å². The zero-order chi connectivity index (χ0) is 31.3. The van der Waals surface area contributed by atoms with Crippen LogP contribution in [0.15, 0.2) is 0 Å². The second kappa shape index (κ2) is 17.0. The van der Waals surface area contributed by atoms with Crippen LogP contribution in [0.2, 0.25) is 0 Å². The average Bonchev–Trinajstić information content (AvgIpc) is 3.17. The molecule has 9 nitrogen and oxygen atoms in total. The molecule has 0 aromatic heterocycles. The lowest BCUT2D eigenvalue weighted by molar-refractivity contribution is -0.304. The summed E-state index contributed by atoms with van der Waals surface area (Å²) in [6, 6.07) is -0.343. The Kier molecular flexibility index (Phi) is 14.1. The van der Waals surface area contributed by atoms with E-state index in [0.717, 1.165) is 70.6 Å². The Hall–Kier alpha value is -1.87. The number of hydrogen-bond acceptors (Lipinski definition) is 6. The lowest BCUT2D eigenvalue weighted by Crippen LogP contribution is -2.57. The van der Waals surface area contributed by atoms with Crippen LogP contribution in [0.3, 0.4) is 0 Å². The van der Waals surface area contributed by atoms with E-state index in [-0.39, 0.29) is 48.6 Å². The van der Waals surface area contributed by atoms with Gasteiger partial charge < -0.3 is 30.2 Å². The molecular formula is C34H61N3O6. The molecule has 1 heterocycles. The van der Waals surface area contributed by atoms with Crippen molar-refractivity contribution in [3.8, 4) is 0 Å². The van der Waals surface area contributed by atoms with Crippen LogP contribution in [-0.4, -0.2) is 60.6 Å². The van der Waals surface area contributed by atoms with Crippen LogP contribution < -0.4 is 16.0 Å². The molecular weight excluding hydrogens is 546 g/mol. The third-order valence-corrected chi connectivity index (χ3v) is 9.52. The quantitative estimate of drug-likeness (QED) is 0.115. The molecule has 0 aromatic rings. The highest BCUT2D eigenvalue weighted by Crippen LogP contribution is 2.35. The molecule has 3 fully saturated rings. The number of amides is 3. The van der Waals surface area contributed by atoms with E-state index in [1.165, 1.54) is 38.5 Å². The van der Waals surface area contributed by atoms with Crippen molar-refractivity contribution in [1.82, 2.24) is 16.0 Å². The highest BCUT2D eigenvalue weighted by Gasteiger charge is 2.45. The van der Waals surface area contributed by atoms with Crippen molar-refractivity contribution in [3.05, 3.63) is 0 Å². The van der Waals surface area contributed by atoms with E-state index in [2.05, 4.69) is 22.9 Å². The number of urea groups is 1. The Morgan fingerprint density at radius 2 is 1.53 bits per heavy atom. The van der Waals surface area contributed by atoms with Crippen LogP contribution in [0.5, 0.6) is 0 Å². The van der Waals surface area contributed by atoms with Gasteiger partial charge in [-0.1, -0.05) is 91.4 Å². The van der Waals surface area contributed by atoms with Gasteiger partial charge in [0.05, 0.1) is 19.1 Å². The number of carbonyl (C=O) groups excluding carboxylic acids is 3. The first kappa shape index (κ1) is 35.6. The summed E-state index contributed by atoms with van der Waals surface area (Å²) in [5, 5.41) is 9.47. The highest BCUT2D eigenvalue weighted by atomic mass is 16.7. The molecule has 248 valence electrons. The third-order valence-electron chi connectivity index (χ3n) is 9.52. The zero-order valence-electron chi connectivity index (χ0n) is 27.8. The maximum absolute atomic E-state index is 13.4. The van der Waals surface area contributed by atoms with Gasteiger partial charge in [0.1, 0.15) is 12.2 Å². The Morgan fingerprint density at radius 1 is 0.860 bits per heavy atom. The summed E-state index contributed by atoms with van der Waals surface area (Å²) < 4.78 is 17.5. The Bertz CT molecular complexity index is 885. The fraction of sp³-hybridized carbons (Fsp3) is 0.912. The van der Waals surface area contributed by atoms with Gasteiger partial charge in [-0.05, 0) is 52.4 Å². The van der Waals surface area contributed by atoms with E-state index in [0.29, 0.717) is 6.61 Å². The predicted octanol–water partition coefficient (Wildman–Crippen LogP) is 6.67. The van der Waals surface area contributed by atoms with Gasteiger partial charge in [-0.2, -0.15) is 0 Å². The largest absolute Gasteiger partial charge is 0.460 e. The molecule has 0 bridgehead atoms. The maximum Gasteiger partial charge on any atom is 0.315 e. The third kappa shape index (κ3) is 11.9. The molecule has 3 rings (SSSR count). The van der Waals surface area contributed by atoms with Crippen molar-refractivity contribution in [1.29, 1.82) is 0 Å². The smallest absolute Gasteiger partial charge is 0.315 e. The number of rotatable bonds is 14. The monoisotopic (exact) mass is 607 g/mol. The van der Waals surface area contributed by atoms with Gasteiger partial charge in [-0.15, -0.1) is 0 Å². The van der Waals surface area contributed by atoms with Crippen LogP contribution in [0.4, 0.5) is 4.79 Å². The Morgan fingerprint density at radius 3 is 2.28 bits per heavy atom. The molecule has 2 saturated carbocycles. The summed E-state index contributed by atoms with van der Waals surface area (Å²) in [4.78, 5) is 39.1. The first-order valence-corrected chi connectivity index (χ1v) is 17.3. The molecule has 3 amide bonds. The molecule has 3 atom stereocenters. The van der Waals surface area contributed by atoms with E-state index < -0.39 is 17.3 Å². The van der Waals surface area contributed by atoms with Gasteiger partial charge in [-0.3, -0.25) is 9.59 Å². The van der Waals surface area contributed by atoms with Crippen molar-refractivity contribution >= 4 is 17.9 Å². The average molecular weight is 608 g/mol. The van der Waals surface area contributed by atoms with E-state index >= 15 is 0 Å². The molecule has 0 radical (unpaired) electrons. The topological polar surface area (TPSA) is 115 Å². The highest BCUT2D eigenvalue weighted by molar-refractivity contribution is 5.82. The number of nitrogens with one attached hydrogen (secondary N) is 3. The van der Waals surface area contributed by atoms with Gasteiger partial charge in [0.25, 0.3) is 0 Å². The minimum absolute atomic E-state index is 0.0650. The van der Waals surface area contributed by atoms with Gasteiger partial charge in [0.2, 0.25) is 5.91 Å². The fourth-order valence-electron chi connectivity index (χ4n) is 6.86. The minimum atomic E-state index is -0.838. The summed E-state index contributed by atoms with van der Waals surface area (Å²) in [5.41, 5.74) is -0.606. The standard InChI is InChI=1S/C34H61N3O6/c1-6-7-8-9-10-15-21-34(22-16-12-17-23-34)37-31(40)36-26-18-13-11-14-19-27(26)42-28(38)20-24-35-30(39)29-32(2,3)25-41-33(4,5)43-29/h26-27,29H,6-25H2,1-5H3,(H,35,39)(H2,36,37,40). The normalized spacial score (nSPS) is 26.5. The summed E-state index contributed by atoms with van der Waals surface area (Å²) >= 11 is 0. The van der Waals surface area contributed by atoms with Crippen LogP contribution in [0.25, 0.3) is 0 Å². The van der Waals surface area contributed by atoms with Crippen molar-refractivity contribution in [2.24, 2.45) is 5.41 Å². The van der Waals surface area contributed by atoms with E-state index in [1.54, 1.807) is 13.8 Å². The summed E-state index contributed by atoms with van der Waals surface area (Å²) in [6.45, 7) is 10.3. The lowest BCUT2D eigenvalue weighted by atomic mass is 9.78. The number of carbonyl (C=O) groups is 3. The van der Waals surface area contributed by atoms with Gasteiger partial charge in [0, 0.05) is 17.5 Å². The molecule has 43 heavy (non-hydrogen) atoms. The second-order valence-electron chi connectivity index (χ2n) is 14.4. The van der Waals surface area contributed by atoms with Gasteiger partial charge in [0.15, 0.2) is 5.79 Å². The van der Waals surface area contributed by atoms with E-state index in [1.807, 2.05) is 13.8 Å². The van der Waals surface area contributed by atoms with Crippen molar-refractivity contribution in [2.75, 3.05) is 13.2 Å². The zero-order valence-corrected chi connectivity index (χ0v) is 27.8. The number of unbranched alkanes of at least 4 members (excludes halogenated alkanes) is 5. The Balaban J connectivity index is 1.48. The molecule has 1 saturated heterocycles. The van der Waals surface area contributed by atoms with Crippen molar-refractivity contribution in [2.45, 2.75) is 180 Å². The first-order chi connectivity index (χ1) is 20.5. The van der Waals surface area contributed by atoms with E-state index in [9.17, 15) is 14.4 Å². The summed E-state index contributed by atoms with van der Waals surface area (Å²) in [5.74, 6) is -1.45. The molecule has 0 spiro atoms. The molecule has 9 heteroatoms. The van der Waals surface area contributed by atoms with Crippen molar-refractivity contribution < 1.29 is 28.6 Å². The lowest BCUT2D eigenvalue weighted by Gasteiger charge is -2.44. The maximum atomic E-state index is 13.4. The SMILES string of the molecule is CCCCCCCCC1(NC(=O)NC2CCCCCC2OC(=O)CCNC(=O)C2OC(C)(C)OCC2(C)C)CCCCC1. The van der Waals surface area contributed by atoms with Crippen LogP contribution in [-0.2, 0) is 23.8 Å². The van der Waals surface area contributed by atoms with Crippen molar-refractivity contribution in [3.63, 3.8) is 0 Å². The fourth-order valence-corrected chi connectivity index (χ4v) is 6.86. The predicted molar refractivity (Wildman–Crippen MR) is 169 cm³/mol. The second-order valence-corrected chi connectivity index (χ2v) is 14.4. The Labute approximate surface area is 260 Å². The molecule has 2 aliphatic carbocycles.